The molecule has 88 valence electrons. The second kappa shape index (κ2) is 6.16. The molecule has 0 aromatic heterocycles. The van der Waals surface area contributed by atoms with Crippen molar-refractivity contribution in [2.45, 2.75) is 33.3 Å². The fourth-order valence-electron chi connectivity index (χ4n) is 1.28. The Morgan fingerprint density at radius 1 is 1.31 bits per heavy atom. The van der Waals surface area contributed by atoms with Gasteiger partial charge in [-0.3, -0.25) is 5.41 Å². The molecule has 0 amide bonds. The lowest BCUT2D eigenvalue weighted by Crippen LogP contribution is -2.14. The number of nitrogens with one attached hydrogen (secondary N) is 1. The summed E-state index contributed by atoms with van der Waals surface area (Å²) < 4.78 is 10.9. The number of hydrogen-bond acceptors (Lipinski definition) is 3. The molecular formula is C13H19NO2. The summed E-state index contributed by atoms with van der Waals surface area (Å²) in [6.45, 7) is 6.45. The number of para-hydroxylation sites is 1. The van der Waals surface area contributed by atoms with Crippen LogP contribution in [0.5, 0.6) is 5.75 Å². The van der Waals surface area contributed by atoms with Gasteiger partial charge >= 0.3 is 0 Å². The van der Waals surface area contributed by atoms with E-state index in [1.807, 2.05) is 38.1 Å². The summed E-state index contributed by atoms with van der Waals surface area (Å²) in [6.07, 6.45) is 1.09. The van der Waals surface area contributed by atoms with E-state index in [9.17, 15) is 0 Å². The average molecular weight is 221 g/mol. The van der Waals surface area contributed by atoms with Crippen molar-refractivity contribution in [2.24, 2.45) is 0 Å². The zero-order chi connectivity index (χ0) is 12.0. The molecule has 0 fully saturated rings. The Hall–Kier alpha value is -1.51. The van der Waals surface area contributed by atoms with Crippen molar-refractivity contribution in [2.75, 3.05) is 6.61 Å². The molecule has 0 saturated carbocycles. The van der Waals surface area contributed by atoms with Crippen LogP contribution in [0.15, 0.2) is 24.3 Å². The molecule has 0 bridgehead atoms. The van der Waals surface area contributed by atoms with Gasteiger partial charge < -0.3 is 9.47 Å². The summed E-state index contributed by atoms with van der Waals surface area (Å²) in [7, 11) is 0. The van der Waals surface area contributed by atoms with E-state index in [4.69, 9.17) is 14.9 Å². The molecule has 1 aromatic carbocycles. The lowest BCUT2D eigenvalue weighted by atomic mass is 10.2. The number of rotatable bonds is 5. The van der Waals surface area contributed by atoms with Gasteiger partial charge in [0.2, 0.25) is 5.90 Å². The Balaban J connectivity index is 2.87. The summed E-state index contributed by atoms with van der Waals surface area (Å²) >= 11 is 0. The zero-order valence-electron chi connectivity index (χ0n) is 10.1. The number of benzene rings is 1. The minimum atomic E-state index is 0.149. The predicted octanol–water partition coefficient (Wildman–Crippen LogP) is 3.23. The van der Waals surface area contributed by atoms with Gasteiger partial charge in [0.15, 0.2) is 0 Å². The third-order valence-electron chi connectivity index (χ3n) is 2.32. The second-order valence-corrected chi connectivity index (χ2v) is 3.60. The highest BCUT2D eigenvalue weighted by Crippen LogP contribution is 2.20. The molecule has 1 rings (SSSR count). The Kier molecular flexibility index (Phi) is 4.83. The Labute approximate surface area is 96.9 Å². The van der Waals surface area contributed by atoms with Crippen LogP contribution in [0, 0.1) is 5.41 Å². The molecule has 3 heteroatoms. The van der Waals surface area contributed by atoms with Crippen LogP contribution in [0.25, 0.3) is 0 Å². The molecule has 1 unspecified atom stereocenters. The van der Waals surface area contributed by atoms with Gasteiger partial charge in [0.25, 0.3) is 0 Å². The summed E-state index contributed by atoms with van der Waals surface area (Å²) in [5.41, 5.74) is 0.713. The van der Waals surface area contributed by atoms with Crippen LogP contribution < -0.4 is 4.74 Å². The van der Waals surface area contributed by atoms with Crippen LogP contribution in [0.1, 0.15) is 32.8 Å². The first-order valence-electron chi connectivity index (χ1n) is 5.66. The molecule has 0 aliphatic carbocycles. The molecule has 0 radical (unpaired) electrons. The first-order valence-corrected chi connectivity index (χ1v) is 5.66. The molecule has 1 N–H and O–H groups in total. The Morgan fingerprint density at radius 3 is 2.62 bits per heavy atom. The van der Waals surface area contributed by atoms with Crippen molar-refractivity contribution in [1.82, 2.24) is 0 Å². The molecule has 1 aromatic rings. The van der Waals surface area contributed by atoms with E-state index < -0.39 is 0 Å². The standard InChI is InChI=1S/C13H19NO2/c1-4-10(3)16-12-9-7-6-8-11(12)13(14)15-5-2/h6-10,14H,4-5H2,1-3H3. The van der Waals surface area contributed by atoms with E-state index in [1.54, 1.807) is 0 Å². The fraction of sp³-hybridized carbons (Fsp3) is 0.462. The van der Waals surface area contributed by atoms with Crippen LogP contribution in [-0.2, 0) is 4.74 Å². The Bertz CT molecular complexity index is 350. The third-order valence-corrected chi connectivity index (χ3v) is 2.32. The fourth-order valence-corrected chi connectivity index (χ4v) is 1.28. The van der Waals surface area contributed by atoms with Crippen LogP contribution in [0.4, 0.5) is 0 Å². The van der Waals surface area contributed by atoms with Crippen molar-refractivity contribution in [1.29, 1.82) is 5.41 Å². The third kappa shape index (κ3) is 3.26. The molecule has 3 nitrogen and oxygen atoms in total. The summed E-state index contributed by atoms with van der Waals surface area (Å²) in [4.78, 5) is 0. The number of hydrogen-bond donors (Lipinski definition) is 1. The minimum absolute atomic E-state index is 0.149. The van der Waals surface area contributed by atoms with Gasteiger partial charge in [-0.1, -0.05) is 19.1 Å². The van der Waals surface area contributed by atoms with Gasteiger partial charge in [-0.25, -0.2) is 0 Å². The van der Waals surface area contributed by atoms with E-state index in [0.717, 1.165) is 12.2 Å². The highest BCUT2D eigenvalue weighted by atomic mass is 16.5. The highest BCUT2D eigenvalue weighted by Gasteiger charge is 2.11. The average Bonchev–Trinajstić information content (AvgIpc) is 2.30. The van der Waals surface area contributed by atoms with E-state index >= 15 is 0 Å². The smallest absolute Gasteiger partial charge is 0.217 e. The van der Waals surface area contributed by atoms with Crippen molar-refractivity contribution >= 4 is 5.90 Å². The lowest BCUT2D eigenvalue weighted by molar-refractivity contribution is 0.215. The molecule has 1 atom stereocenters. The van der Waals surface area contributed by atoms with Crippen LogP contribution >= 0.6 is 0 Å². The molecule has 0 aliphatic heterocycles. The van der Waals surface area contributed by atoms with Crippen LogP contribution in [0.3, 0.4) is 0 Å². The van der Waals surface area contributed by atoms with E-state index in [-0.39, 0.29) is 12.0 Å². The van der Waals surface area contributed by atoms with Gasteiger partial charge in [0.1, 0.15) is 5.75 Å². The largest absolute Gasteiger partial charge is 0.490 e. The topological polar surface area (TPSA) is 42.3 Å². The SMILES string of the molecule is CCOC(=N)c1ccccc1OC(C)CC. The summed E-state index contributed by atoms with van der Waals surface area (Å²) in [5.74, 6) is 0.886. The summed E-state index contributed by atoms with van der Waals surface area (Å²) in [5, 5.41) is 7.77. The van der Waals surface area contributed by atoms with Crippen LogP contribution in [-0.4, -0.2) is 18.6 Å². The van der Waals surface area contributed by atoms with Crippen molar-refractivity contribution in [3.8, 4) is 5.75 Å². The maximum atomic E-state index is 7.77. The lowest BCUT2D eigenvalue weighted by Gasteiger charge is -2.16. The minimum Gasteiger partial charge on any atom is -0.490 e. The van der Waals surface area contributed by atoms with Crippen molar-refractivity contribution in [3.05, 3.63) is 29.8 Å². The Morgan fingerprint density at radius 2 is 2.00 bits per heavy atom. The van der Waals surface area contributed by atoms with Gasteiger partial charge in [0.05, 0.1) is 18.3 Å². The molecule has 16 heavy (non-hydrogen) atoms. The van der Waals surface area contributed by atoms with Gasteiger partial charge in [-0.15, -0.1) is 0 Å². The number of ether oxygens (including phenoxy) is 2. The van der Waals surface area contributed by atoms with Gasteiger partial charge in [-0.05, 0) is 32.4 Å². The molecule has 0 heterocycles. The maximum Gasteiger partial charge on any atom is 0.217 e. The van der Waals surface area contributed by atoms with E-state index in [2.05, 4.69) is 6.92 Å². The molecule has 0 aliphatic rings. The van der Waals surface area contributed by atoms with E-state index in [1.165, 1.54) is 0 Å². The molecule has 0 saturated heterocycles. The maximum absolute atomic E-state index is 7.77. The zero-order valence-corrected chi connectivity index (χ0v) is 10.1. The van der Waals surface area contributed by atoms with Crippen LogP contribution in [0.2, 0.25) is 0 Å². The van der Waals surface area contributed by atoms with Crippen molar-refractivity contribution < 1.29 is 9.47 Å². The molecular weight excluding hydrogens is 202 g/mol. The predicted molar refractivity (Wildman–Crippen MR) is 65.3 cm³/mol. The van der Waals surface area contributed by atoms with Gasteiger partial charge in [-0.2, -0.15) is 0 Å². The normalized spacial score (nSPS) is 11.9. The first-order chi connectivity index (χ1) is 7.69. The quantitative estimate of drug-likeness (QED) is 0.612. The molecule has 0 spiro atoms. The van der Waals surface area contributed by atoms with E-state index in [0.29, 0.717) is 12.2 Å². The van der Waals surface area contributed by atoms with Gasteiger partial charge in [0, 0.05) is 0 Å². The second-order valence-electron chi connectivity index (χ2n) is 3.60. The first kappa shape index (κ1) is 12.6. The summed E-state index contributed by atoms with van der Waals surface area (Å²) in [6, 6.07) is 7.50. The highest BCUT2D eigenvalue weighted by molar-refractivity contribution is 5.94. The van der Waals surface area contributed by atoms with Crippen molar-refractivity contribution in [3.63, 3.8) is 0 Å². The monoisotopic (exact) mass is 221 g/mol.